The van der Waals surface area contributed by atoms with Gasteiger partial charge in [0, 0.05) is 6.21 Å². The summed E-state index contributed by atoms with van der Waals surface area (Å²) in [6.07, 6.45) is 8.95. The van der Waals surface area contributed by atoms with Crippen molar-refractivity contribution in [3.8, 4) is 0 Å². The van der Waals surface area contributed by atoms with Gasteiger partial charge < -0.3 is 0 Å². The predicted octanol–water partition coefficient (Wildman–Crippen LogP) is 5.43. The molecule has 1 nitrogen and oxygen atoms in total. The van der Waals surface area contributed by atoms with Crippen LogP contribution in [0.1, 0.15) is 49.3 Å². The van der Waals surface area contributed by atoms with E-state index in [-0.39, 0.29) is 6.04 Å². The minimum absolute atomic E-state index is 0.134. The zero-order valence-corrected chi connectivity index (χ0v) is 12.5. The van der Waals surface area contributed by atoms with E-state index in [9.17, 15) is 0 Å². The van der Waals surface area contributed by atoms with E-state index in [1.54, 1.807) is 0 Å². The van der Waals surface area contributed by atoms with Crippen molar-refractivity contribution in [2.75, 3.05) is 0 Å². The highest BCUT2D eigenvalue weighted by Gasteiger charge is 2.14. The number of aliphatic imine (C=N–C) groups is 1. The molecule has 0 aliphatic heterocycles. The van der Waals surface area contributed by atoms with E-state index in [0.29, 0.717) is 5.92 Å². The molecule has 0 aromatic heterocycles. The van der Waals surface area contributed by atoms with Crippen LogP contribution >= 0.6 is 0 Å². The van der Waals surface area contributed by atoms with Crippen molar-refractivity contribution in [1.82, 2.24) is 0 Å². The van der Waals surface area contributed by atoms with E-state index in [0.717, 1.165) is 0 Å². The summed E-state index contributed by atoms with van der Waals surface area (Å²) in [6.45, 7) is 0. The van der Waals surface area contributed by atoms with Crippen LogP contribution in [0.3, 0.4) is 0 Å². The van der Waals surface area contributed by atoms with Gasteiger partial charge >= 0.3 is 0 Å². The Kier molecular flexibility index (Phi) is 4.83. The van der Waals surface area contributed by atoms with Gasteiger partial charge in [-0.3, -0.25) is 4.99 Å². The lowest BCUT2D eigenvalue weighted by Crippen LogP contribution is -2.08. The first-order valence-corrected chi connectivity index (χ1v) is 8.06. The Hall–Kier alpha value is -1.89. The van der Waals surface area contributed by atoms with Crippen LogP contribution in [0.15, 0.2) is 65.7 Å². The van der Waals surface area contributed by atoms with Gasteiger partial charge in [-0.2, -0.15) is 0 Å². The number of hydrogen-bond donors (Lipinski definition) is 0. The monoisotopic (exact) mass is 277 g/mol. The van der Waals surface area contributed by atoms with E-state index < -0.39 is 0 Å². The summed E-state index contributed by atoms with van der Waals surface area (Å²) in [5.74, 6) is 0.675. The Morgan fingerprint density at radius 1 is 0.762 bits per heavy atom. The topological polar surface area (TPSA) is 12.4 Å². The molecule has 0 saturated heterocycles. The number of hydrogen-bond acceptors (Lipinski definition) is 1. The predicted molar refractivity (Wildman–Crippen MR) is 89.8 cm³/mol. The second-order valence-corrected chi connectivity index (χ2v) is 5.92. The minimum atomic E-state index is 0.134. The standard InChI is InChI=1S/C20H23N/c1-4-10-17(11-5-1)16-21-20(18-12-6-2-7-13-18)19-14-8-3-9-15-19/h2-3,6-9,12-17,20H,1,4-5,10-11H2. The van der Waals surface area contributed by atoms with Crippen LogP contribution in [0, 0.1) is 5.92 Å². The van der Waals surface area contributed by atoms with Gasteiger partial charge in [-0.25, -0.2) is 0 Å². The maximum Gasteiger partial charge on any atom is 0.0995 e. The Morgan fingerprint density at radius 3 is 1.81 bits per heavy atom. The van der Waals surface area contributed by atoms with Gasteiger partial charge in [-0.1, -0.05) is 79.9 Å². The van der Waals surface area contributed by atoms with Crippen molar-refractivity contribution < 1.29 is 0 Å². The van der Waals surface area contributed by atoms with E-state index in [4.69, 9.17) is 4.99 Å². The summed E-state index contributed by atoms with van der Waals surface area (Å²) in [4.78, 5) is 4.96. The quantitative estimate of drug-likeness (QED) is 0.661. The Balaban J connectivity index is 1.84. The molecule has 0 bridgehead atoms. The fraction of sp³-hybridized carbons (Fsp3) is 0.350. The number of rotatable bonds is 4. The molecule has 0 atom stereocenters. The molecule has 0 amide bonds. The highest BCUT2D eigenvalue weighted by atomic mass is 14.8. The second-order valence-electron chi connectivity index (χ2n) is 5.92. The first kappa shape index (κ1) is 14.1. The molecule has 1 saturated carbocycles. The summed E-state index contributed by atoms with van der Waals surface area (Å²) >= 11 is 0. The first-order chi connectivity index (χ1) is 10.4. The fourth-order valence-corrected chi connectivity index (χ4v) is 3.13. The van der Waals surface area contributed by atoms with Gasteiger partial charge in [0.15, 0.2) is 0 Å². The molecular weight excluding hydrogens is 254 g/mol. The molecule has 0 radical (unpaired) electrons. The number of nitrogens with zero attached hydrogens (tertiary/aromatic N) is 1. The minimum Gasteiger partial charge on any atom is -0.284 e. The van der Waals surface area contributed by atoms with Crippen molar-refractivity contribution in [1.29, 1.82) is 0 Å². The van der Waals surface area contributed by atoms with Gasteiger partial charge in [0.25, 0.3) is 0 Å². The molecule has 1 heteroatoms. The van der Waals surface area contributed by atoms with Crippen LogP contribution in [0.2, 0.25) is 0 Å². The van der Waals surface area contributed by atoms with Crippen LogP contribution in [-0.2, 0) is 0 Å². The van der Waals surface area contributed by atoms with Crippen LogP contribution < -0.4 is 0 Å². The molecular formula is C20H23N. The molecule has 0 unspecified atom stereocenters. The van der Waals surface area contributed by atoms with Crippen molar-refractivity contribution in [2.45, 2.75) is 38.1 Å². The lowest BCUT2D eigenvalue weighted by atomic mass is 9.90. The van der Waals surface area contributed by atoms with Gasteiger partial charge in [0.05, 0.1) is 6.04 Å². The third-order valence-corrected chi connectivity index (χ3v) is 4.33. The molecule has 0 N–H and O–H groups in total. The smallest absolute Gasteiger partial charge is 0.0995 e. The fourth-order valence-electron chi connectivity index (χ4n) is 3.13. The lowest BCUT2D eigenvalue weighted by molar-refractivity contribution is 0.444. The van der Waals surface area contributed by atoms with E-state index in [2.05, 4.69) is 66.9 Å². The van der Waals surface area contributed by atoms with E-state index in [1.165, 1.54) is 43.2 Å². The molecule has 2 aromatic carbocycles. The second kappa shape index (κ2) is 7.21. The van der Waals surface area contributed by atoms with E-state index in [1.807, 2.05) is 0 Å². The normalized spacial score (nSPS) is 16.6. The van der Waals surface area contributed by atoms with Gasteiger partial charge in [-0.05, 0) is 29.9 Å². The van der Waals surface area contributed by atoms with Gasteiger partial charge in [0.1, 0.15) is 0 Å². The molecule has 1 aliphatic carbocycles. The molecule has 21 heavy (non-hydrogen) atoms. The molecule has 2 aromatic rings. The van der Waals surface area contributed by atoms with Crippen LogP contribution in [0.5, 0.6) is 0 Å². The largest absolute Gasteiger partial charge is 0.284 e. The average Bonchev–Trinajstić information content (AvgIpc) is 2.58. The SMILES string of the molecule is C(=NC(c1ccccc1)c1ccccc1)C1CCCCC1. The summed E-state index contributed by atoms with van der Waals surface area (Å²) in [7, 11) is 0. The summed E-state index contributed by atoms with van der Waals surface area (Å²) in [6, 6.07) is 21.4. The molecule has 1 fully saturated rings. The highest BCUT2D eigenvalue weighted by molar-refractivity contribution is 5.62. The van der Waals surface area contributed by atoms with Crippen molar-refractivity contribution in [3.63, 3.8) is 0 Å². The molecule has 108 valence electrons. The van der Waals surface area contributed by atoms with Crippen molar-refractivity contribution in [2.24, 2.45) is 10.9 Å². The molecule has 1 aliphatic rings. The van der Waals surface area contributed by atoms with Crippen LogP contribution in [0.4, 0.5) is 0 Å². The summed E-state index contributed by atoms with van der Waals surface area (Å²) < 4.78 is 0. The first-order valence-electron chi connectivity index (χ1n) is 8.06. The number of benzene rings is 2. The summed E-state index contributed by atoms with van der Waals surface area (Å²) in [5.41, 5.74) is 2.55. The Morgan fingerprint density at radius 2 is 1.29 bits per heavy atom. The van der Waals surface area contributed by atoms with E-state index >= 15 is 0 Å². The Labute approximate surface area is 127 Å². The molecule has 0 spiro atoms. The van der Waals surface area contributed by atoms with Gasteiger partial charge in [-0.15, -0.1) is 0 Å². The van der Waals surface area contributed by atoms with Crippen LogP contribution in [-0.4, -0.2) is 6.21 Å². The summed E-state index contributed by atoms with van der Waals surface area (Å²) in [5, 5.41) is 0. The maximum atomic E-state index is 4.96. The van der Waals surface area contributed by atoms with Crippen LogP contribution in [0.25, 0.3) is 0 Å². The Bertz CT molecular complexity index is 513. The molecule has 3 rings (SSSR count). The third-order valence-electron chi connectivity index (χ3n) is 4.33. The average molecular weight is 277 g/mol. The third kappa shape index (κ3) is 3.81. The van der Waals surface area contributed by atoms with Crippen molar-refractivity contribution in [3.05, 3.63) is 71.8 Å². The molecule has 0 heterocycles. The zero-order chi connectivity index (χ0) is 14.3. The van der Waals surface area contributed by atoms with Gasteiger partial charge in [0.2, 0.25) is 0 Å². The lowest BCUT2D eigenvalue weighted by Gasteiger charge is -2.19. The van der Waals surface area contributed by atoms with Crippen molar-refractivity contribution >= 4 is 6.21 Å². The maximum absolute atomic E-state index is 4.96. The highest BCUT2D eigenvalue weighted by Crippen LogP contribution is 2.27. The zero-order valence-electron chi connectivity index (χ0n) is 12.5.